The quantitative estimate of drug-likeness (QED) is 0.854. The number of carbonyl (C=O) groups excluding carboxylic acids is 1. The lowest BCUT2D eigenvalue weighted by Gasteiger charge is -2.27. The molecule has 1 aromatic rings. The molecule has 1 aromatic carbocycles. The average Bonchev–Trinajstić information content (AvgIpc) is 2.38. The lowest BCUT2D eigenvalue weighted by atomic mass is 9.96. The molecule has 1 aliphatic rings. The van der Waals surface area contributed by atoms with Crippen molar-refractivity contribution in [2.75, 3.05) is 7.11 Å². The van der Waals surface area contributed by atoms with E-state index in [2.05, 4.69) is 23.9 Å². The van der Waals surface area contributed by atoms with Crippen LogP contribution in [0.3, 0.4) is 0 Å². The van der Waals surface area contributed by atoms with Crippen LogP contribution in [0, 0.1) is 5.92 Å². The maximum atomic E-state index is 11.2. The van der Waals surface area contributed by atoms with Gasteiger partial charge in [-0.2, -0.15) is 0 Å². The zero-order valence-corrected chi connectivity index (χ0v) is 10.6. The van der Waals surface area contributed by atoms with Gasteiger partial charge in [-0.3, -0.25) is 10.2 Å². The summed E-state index contributed by atoms with van der Waals surface area (Å²) < 4.78 is 5.29. The molecule has 0 aliphatic carbocycles. The number of nitrogens with one attached hydrogen (secondary N) is 2. The molecule has 1 fully saturated rings. The number of hydrogen-bond donors (Lipinski definition) is 2. The van der Waals surface area contributed by atoms with Gasteiger partial charge in [-0.1, -0.05) is 37.3 Å². The van der Waals surface area contributed by atoms with Gasteiger partial charge in [0.1, 0.15) is 5.75 Å². The first-order valence-corrected chi connectivity index (χ1v) is 6.06. The van der Waals surface area contributed by atoms with Crippen LogP contribution in [0.2, 0.25) is 0 Å². The van der Waals surface area contributed by atoms with Gasteiger partial charge in [-0.25, -0.2) is 5.43 Å². The smallest absolute Gasteiger partial charge is 0.234 e. The Labute approximate surface area is 107 Å². The Morgan fingerprint density at radius 2 is 2.17 bits per heavy atom. The summed E-state index contributed by atoms with van der Waals surface area (Å²) in [4.78, 5) is 11.2. The third-order valence-electron chi connectivity index (χ3n) is 3.12. The predicted molar refractivity (Wildman–Crippen MR) is 70.9 cm³/mol. The van der Waals surface area contributed by atoms with E-state index in [1.807, 2.05) is 30.3 Å². The van der Waals surface area contributed by atoms with E-state index in [4.69, 9.17) is 4.74 Å². The minimum absolute atomic E-state index is 0.0458. The van der Waals surface area contributed by atoms with Crippen LogP contribution < -0.4 is 15.6 Å². The van der Waals surface area contributed by atoms with E-state index in [1.54, 1.807) is 7.11 Å². The Hall–Kier alpha value is -1.81. The number of amides is 1. The highest BCUT2D eigenvalue weighted by Gasteiger charge is 2.22. The Morgan fingerprint density at radius 3 is 2.89 bits per heavy atom. The van der Waals surface area contributed by atoms with Gasteiger partial charge >= 0.3 is 0 Å². The number of benzene rings is 1. The molecule has 1 saturated heterocycles. The fraction of sp³-hybridized carbons (Fsp3) is 0.357. The molecule has 0 radical (unpaired) electrons. The minimum Gasteiger partial charge on any atom is -0.496 e. The molecular formula is C14H18N2O2. The molecule has 4 heteroatoms. The summed E-state index contributed by atoms with van der Waals surface area (Å²) >= 11 is 0. The number of ether oxygens (including phenoxy) is 1. The average molecular weight is 246 g/mol. The van der Waals surface area contributed by atoms with Crippen LogP contribution in [0.1, 0.15) is 18.9 Å². The molecule has 18 heavy (non-hydrogen) atoms. The van der Waals surface area contributed by atoms with Crippen molar-refractivity contribution in [1.82, 2.24) is 10.9 Å². The molecule has 2 unspecified atom stereocenters. The predicted octanol–water partition coefficient (Wildman–Crippen LogP) is 1.74. The van der Waals surface area contributed by atoms with Crippen molar-refractivity contribution in [1.29, 1.82) is 0 Å². The lowest BCUT2D eigenvalue weighted by molar-refractivity contribution is -0.125. The third-order valence-corrected chi connectivity index (χ3v) is 3.12. The molecule has 1 amide bonds. The van der Waals surface area contributed by atoms with Crippen molar-refractivity contribution < 1.29 is 9.53 Å². The standard InChI is InChI=1S/C14H18N2O2/c1-10-9-14(17)16-15-12(10)8-7-11-5-3-4-6-13(11)18-2/h3-8,10,12,15H,9H2,1-2H3,(H,16,17)/b8-7+. The van der Waals surface area contributed by atoms with Crippen LogP contribution in [0.5, 0.6) is 5.75 Å². The van der Waals surface area contributed by atoms with Gasteiger partial charge in [0.2, 0.25) is 5.91 Å². The number of hydrazine groups is 1. The monoisotopic (exact) mass is 246 g/mol. The number of carbonyl (C=O) groups is 1. The number of hydrogen-bond acceptors (Lipinski definition) is 3. The molecule has 1 heterocycles. The Morgan fingerprint density at radius 1 is 1.39 bits per heavy atom. The van der Waals surface area contributed by atoms with E-state index in [-0.39, 0.29) is 17.9 Å². The molecule has 0 bridgehead atoms. The van der Waals surface area contributed by atoms with Crippen LogP contribution in [0.15, 0.2) is 30.3 Å². The molecular weight excluding hydrogens is 228 g/mol. The second-order valence-corrected chi connectivity index (χ2v) is 4.50. The van der Waals surface area contributed by atoms with Crippen LogP contribution in [0.25, 0.3) is 6.08 Å². The molecule has 96 valence electrons. The summed E-state index contributed by atoms with van der Waals surface area (Å²) in [6.07, 6.45) is 4.63. The van der Waals surface area contributed by atoms with Gasteiger partial charge in [0, 0.05) is 18.0 Å². The van der Waals surface area contributed by atoms with E-state index in [9.17, 15) is 4.79 Å². The van der Waals surface area contributed by atoms with Crippen molar-refractivity contribution in [3.63, 3.8) is 0 Å². The largest absolute Gasteiger partial charge is 0.496 e. The Kier molecular flexibility index (Phi) is 3.99. The van der Waals surface area contributed by atoms with E-state index in [1.165, 1.54) is 0 Å². The van der Waals surface area contributed by atoms with Gasteiger partial charge in [-0.15, -0.1) is 0 Å². The third kappa shape index (κ3) is 2.90. The van der Waals surface area contributed by atoms with Gasteiger partial charge in [-0.05, 0) is 12.0 Å². The molecule has 2 N–H and O–H groups in total. The van der Waals surface area contributed by atoms with Crippen LogP contribution >= 0.6 is 0 Å². The molecule has 1 aliphatic heterocycles. The summed E-state index contributed by atoms with van der Waals surface area (Å²) in [7, 11) is 1.66. The fourth-order valence-corrected chi connectivity index (χ4v) is 2.03. The van der Waals surface area contributed by atoms with E-state index in [0.717, 1.165) is 11.3 Å². The van der Waals surface area contributed by atoms with Crippen LogP contribution in [-0.2, 0) is 4.79 Å². The molecule has 4 nitrogen and oxygen atoms in total. The second-order valence-electron chi connectivity index (χ2n) is 4.50. The molecule has 2 atom stereocenters. The summed E-state index contributed by atoms with van der Waals surface area (Å²) in [5.74, 6) is 1.18. The number of para-hydroxylation sites is 1. The first kappa shape index (κ1) is 12.6. The topological polar surface area (TPSA) is 50.4 Å². The summed E-state index contributed by atoms with van der Waals surface area (Å²) in [5, 5.41) is 0. The zero-order valence-electron chi connectivity index (χ0n) is 10.6. The first-order valence-electron chi connectivity index (χ1n) is 6.06. The van der Waals surface area contributed by atoms with Crippen molar-refractivity contribution in [2.24, 2.45) is 5.92 Å². The van der Waals surface area contributed by atoms with Gasteiger partial charge in [0.25, 0.3) is 0 Å². The van der Waals surface area contributed by atoms with E-state index in [0.29, 0.717) is 6.42 Å². The van der Waals surface area contributed by atoms with Crippen molar-refractivity contribution in [3.8, 4) is 5.75 Å². The SMILES string of the molecule is COc1ccccc1/C=C/C1NNC(=O)CC1C. The molecule has 0 aromatic heterocycles. The van der Waals surface area contributed by atoms with Crippen molar-refractivity contribution >= 4 is 12.0 Å². The second kappa shape index (κ2) is 5.69. The maximum absolute atomic E-state index is 11.2. The molecule has 2 rings (SSSR count). The summed E-state index contributed by atoms with van der Waals surface area (Å²) in [6, 6.07) is 7.99. The first-order chi connectivity index (χ1) is 8.70. The summed E-state index contributed by atoms with van der Waals surface area (Å²) in [5.41, 5.74) is 6.69. The van der Waals surface area contributed by atoms with Gasteiger partial charge in [0.05, 0.1) is 7.11 Å². The molecule has 0 saturated carbocycles. The number of rotatable bonds is 3. The normalized spacial score (nSPS) is 24.0. The zero-order chi connectivity index (χ0) is 13.0. The Balaban J connectivity index is 2.08. The minimum atomic E-state index is 0.0458. The van der Waals surface area contributed by atoms with Crippen LogP contribution in [-0.4, -0.2) is 19.1 Å². The lowest BCUT2D eigenvalue weighted by Crippen LogP contribution is -2.52. The highest BCUT2D eigenvalue weighted by molar-refractivity contribution is 5.76. The molecule has 0 spiro atoms. The highest BCUT2D eigenvalue weighted by Crippen LogP contribution is 2.20. The van der Waals surface area contributed by atoms with Crippen LogP contribution in [0.4, 0.5) is 0 Å². The maximum Gasteiger partial charge on any atom is 0.234 e. The number of methoxy groups -OCH3 is 1. The van der Waals surface area contributed by atoms with E-state index >= 15 is 0 Å². The highest BCUT2D eigenvalue weighted by atomic mass is 16.5. The van der Waals surface area contributed by atoms with Gasteiger partial charge < -0.3 is 4.74 Å². The Bertz CT molecular complexity index is 457. The van der Waals surface area contributed by atoms with E-state index < -0.39 is 0 Å². The van der Waals surface area contributed by atoms with Crippen molar-refractivity contribution in [2.45, 2.75) is 19.4 Å². The van der Waals surface area contributed by atoms with Crippen molar-refractivity contribution in [3.05, 3.63) is 35.9 Å². The fourth-order valence-electron chi connectivity index (χ4n) is 2.03. The summed E-state index contributed by atoms with van der Waals surface area (Å²) in [6.45, 7) is 2.06. The van der Waals surface area contributed by atoms with Gasteiger partial charge in [0.15, 0.2) is 0 Å².